The van der Waals surface area contributed by atoms with E-state index in [4.69, 9.17) is 9.68 Å². The first-order chi connectivity index (χ1) is 20.6. The van der Waals surface area contributed by atoms with Crippen molar-refractivity contribution in [2.75, 3.05) is 0 Å². The summed E-state index contributed by atoms with van der Waals surface area (Å²) < 4.78 is 37.7. The van der Waals surface area contributed by atoms with Gasteiger partial charge in [-0.05, 0) is 78.9 Å². The van der Waals surface area contributed by atoms with Gasteiger partial charge < -0.3 is 8.98 Å². The van der Waals surface area contributed by atoms with Gasteiger partial charge in [0.05, 0.1) is 37.8 Å². The average molecular weight is 564 g/mol. The van der Waals surface area contributed by atoms with Crippen LogP contribution in [0.15, 0.2) is 142 Å². The summed E-state index contributed by atoms with van der Waals surface area (Å²) in [5, 5.41) is 12.1. The largest absolute Gasteiger partial charge is 0.437 e. The van der Waals surface area contributed by atoms with Gasteiger partial charge in [-0.15, -0.1) is 0 Å². The fourth-order valence-electron chi connectivity index (χ4n) is 5.90. The summed E-state index contributed by atoms with van der Waals surface area (Å²) in [5.74, 6) is 0. The van der Waals surface area contributed by atoms with E-state index in [1.54, 1.807) is 24.3 Å². The lowest BCUT2D eigenvalue weighted by molar-refractivity contribution is 0.596. The molecule has 42 heavy (non-hydrogen) atoms. The molecule has 3 heterocycles. The molecule has 0 unspecified atom stereocenters. The molecule has 0 spiro atoms. The van der Waals surface area contributed by atoms with E-state index in [2.05, 4.69) is 34.9 Å². The lowest BCUT2D eigenvalue weighted by Crippen LogP contribution is -2.02. The number of rotatable bonds is 4. The molecular weight excluding hydrogens is 542 g/mol. The maximum atomic E-state index is 13.3. The first kappa shape index (κ1) is 24.2. The molecule has 0 amide bonds. The van der Waals surface area contributed by atoms with Crippen LogP contribution in [0.25, 0.3) is 55.4 Å². The molecule has 200 valence electrons. The van der Waals surface area contributed by atoms with E-state index in [0.717, 1.165) is 49.7 Å². The fourth-order valence-corrected chi connectivity index (χ4v) is 7.16. The Labute approximate surface area is 240 Å². The van der Waals surface area contributed by atoms with Crippen molar-refractivity contribution in [3.63, 3.8) is 0 Å². The van der Waals surface area contributed by atoms with Crippen LogP contribution in [-0.4, -0.2) is 17.6 Å². The Kier molecular flexibility index (Phi) is 5.17. The van der Waals surface area contributed by atoms with Gasteiger partial charge in [0, 0.05) is 22.1 Å². The number of nitriles is 1. The molecular formula is C35H21N3O3S. The summed E-state index contributed by atoms with van der Waals surface area (Å²) >= 11 is 0. The highest BCUT2D eigenvalue weighted by Gasteiger charge is 2.25. The van der Waals surface area contributed by atoms with Gasteiger partial charge in [-0.1, -0.05) is 48.5 Å². The number of furan rings is 1. The molecule has 0 bridgehead atoms. The molecule has 0 aliphatic heterocycles. The lowest BCUT2D eigenvalue weighted by Gasteiger charge is -2.09. The van der Waals surface area contributed by atoms with E-state index in [-0.39, 0.29) is 9.79 Å². The normalized spacial score (nSPS) is 12.0. The van der Waals surface area contributed by atoms with Crippen LogP contribution in [0.4, 0.5) is 0 Å². The number of para-hydroxylation sites is 3. The zero-order valence-electron chi connectivity index (χ0n) is 22.1. The molecule has 0 aliphatic rings. The highest BCUT2D eigenvalue weighted by molar-refractivity contribution is 7.91. The summed E-state index contributed by atoms with van der Waals surface area (Å²) in [6.07, 6.45) is 0. The number of hydrogen-bond donors (Lipinski definition) is 0. The summed E-state index contributed by atoms with van der Waals surface area (Å²) in [7, 11) is -3.75. The third kappa shape index (κ3) is 3.39. The summed E-state index contributed by atoms with van der Waals surface area (Å²) in [6.45, 7) is 0. The summed E-state index contributed by atoms with van der Waals surface area (Å²) in [5.41, 5.74) is 6.75. The SMILES string of the molecule is N#Cc1ccc(S(=O)(=O)c2ccc(-n3c4ccccc4c4c3oc3c5ccccc5n(-c5ccccc5)c34)cc2)cc1. The number of sulfone groups is 1. The standard InChI is InChI=1S/C35H21N3O3S/c36-22-23-14-18-26(19-15-23)42(39,40)27-20-16-25(17-21-27)38-30-12-6-4-10-28(30)32-33-34(41-35(32)38)29-11-5-7-13-31(29)37(33)24-8-2-1-3-9-24/h1-21H. The predicted octanol–water partition coefficient (Wildman–Crippen LogP) is 8.18. The molecule has 3 aromatic heterocycles. The molecule has 5 aromatic carbocycles. The van der Waals surface area contributed by atoms with Gasteiger partial charge in [0.1, 0.15) is 5.52 Å². The predicted molar refractivity (Wildman–Crippen MR) is 164 cm³/mol. The van der Waals surface area contributed by atoms with E-state index in [9.17, 15) is 8.42 Å². The van der Waals surface area contributed by atoms with Gasteiger partial charge >= 0.3 is 0 Å². The zero-order valence-corrected chi connectivity index (χ0v) is 22.9. The second-order valence-corrected chi connectivity index (χ2v) is 12.1. The molecule has 8 aromatic rings. The lowest BCUT2D eigenvalue weighted by atomic mass is 10.2. The second kappa shape index (κ2) is 8.96. The van der Waals surface area contributed by atoms with Crippen LogP contribution < -0.4 is 0 Å². The average Bonchev–Trinajstić information content (AvgIpc) is 3.67. The molecule has 0 aliphatic carbocycles. The number of aromatic nitrogens is 2. The minimum absolute atomic E-state index is 0.144. The minimum atomic E-state index is -3.75. The van der Waals surface area contributed by atoms with Crippen LogP contribution in [0, 0.1) is 11.3 Å². The van der Waals surface area contributed by atoms with Gasteiger partial charge in [0.2, 0.25) is 15.6 Å². The van der Waals surface area contributed by atoms with Gasteiger partial charge in [-0.3, -0.25) is 4.57 Å². The smallest absolute Gasteiger partial charge is 0.215 e. The quantitative estimate of drug-likeness (QED) is 0.216. The Balaban J connectivity index is 1.37. The first-order valence-corrected chi connectivity index (χ1v) is 14.9. The maximum absolute atomic E-state index is 13.3. The molecule has 8 rings (SSSR count). The Bertz CT molecular complexity index is 2460. The summed E-state index contributed by atoms with van der Waals surface area (Å²) in [6, 6.07) is 41.5. The monoisotopic (exact) mass is 563 g/mol. The molecule has 0 radical (unpaired) electrons. The van der Waals surface area contributed by atoms with E-state index in [1.165, 1.54) is 24.3 Å². The van der Waals surface area contributed by atoms with Crippen molar-refractivity contribution in [3.05, 3.63) is 133 Å². The number of fused-ring (bicyclic) bond motifs is 7. The van der Waals surface area contributed by atoms with Crippen molar-refractivity contribution < 1.29 is 12.8 Å². The van der Waals surface area contributed by atoms with Crippen LogP contribution in [0.3, 0.4) is 0 Å². The number of hydrogen-bond acceptors (Lipinski definition) is 4. The molecule has 6 nitrogen and oxygen atoms in total. The molecule has 0 N–H and O–H groups in total. The third-order valence-electron chi connectivity index (χ3n) is 7.81. The highest BCUT2D eigenvalue weighted by atomic mass is 32.2. The van der Waals surface area contributed by atoms with Gasteiger partial charge in [0.25, 0.3) is 0 Å². The van der Waals surface area contributed by atoms with Gasteiger partial charge in [-0.2, -0.15) is 5.26 Å². The second-order valence-electron chi connectivity index (χ2n) is 10.1. The minimum Gasteiger partial charge on any atom is -0.437 e. The molecule has 0 atom stereocenters. The van der Waals surface area contributed by atoms with E-state index in [0.29, 0.717) is 11.3 Å². The molecule has 7 heteroatoms. The third-order valence-corrected chi connectivity index (χ3v) is 9.59. The molecule has 0 saturated heterocycles. The van der Waals surface area contributed by atoms with Crippen molar-refractivity contribution in [1.82, 2.24) is 9.13 Å². The van der Waals surface area contributed by atoms with Crippen LogP contribution in [0.5, 0.6) is 0 Å². The van der Waals surface area contributed by atoms with Crippen LogP contribution in [-0.2, 0) is 9.84 Å². The van der Waals surface area contributed by atoms with Crippen molar-refractivity contribution in [2.45, 2.75) is 9.79 Å². The topological polar surface area (TPSA) is 80.9 Å². The maximum Gasteiger partial charge on any atom is 0.215 e. The van der Waals surface area contributed by atoms with Crippen LogP contribution in [0.1, 0.15) is 5.56 Å². The Morgan fingerprint density at radius 1 is 0.595 bits per heavy atom. The number of nitrogens with zero attached hydrogens (tertiary/aromatic N) is 3. The van der Waals surface area contributed by atoms with Crippen molar-refractivity contribution in [2.24, 2.45) is 0 Å². The van der Waals surface area contributed by atoms with Crippen LogP contribution in [0.2, 0.25) is 0 Å². The Morgan fingerprint density at radius 2 is 1.14 bits per heavy atom. The van der Waals surface area contributed by atoms with Crippen molar-refractivity contribution in [3.8, 4) is 17.4 Å². The van der Waals surface area contributed by atoms with Crippen molar-refractivity contribution in [1.29, 1.82) is 5.26 Å². The summed E-state index contributed by atoms with van der Waals surface area (Å²) in [4.78, 5) is 0.319. The van der Waals surface area contributed by atoms with Gasteiger partial charge in [-0.25, -0.2) is 8.42 Å². The zero-order chi connectivity index (χ0) is 28.4. The first-order valence-electron chi connectivity index (χ1n) is 13.4. The van der Waals surface area contributed by atoms with E-state index >= 15 is 0 Å². The highest BCUT2D eigenvalue weighted by Crippen LogP contribution is 2.44. The van der Waals surface area contributed by atoms with E-state index < -0.39 is 9.84 Å². The Hall–Kier alpha value is -5.58. The van der Waals surface area contributed by atoms with Crippen LogP contribution >= 0.6 is 0 Å². The fraction of sp³-hybridized carbons (Fsp3) is 0. The number of benzene rings is 5. The molecule has 0 saturated carbocycles. The van der Waals surface area contributed by atoms with Gasteiger partial charge in [0.15, 0.2) is 5.58 Å². The molecule has 0 fully saturated rings. The van der Waals surface area contributed by atoms with E-state index in [1.807, 2.05) is 59.2 Å². The Morgan fingerprint density at radius 3 is 1.81 bits per heavy atom. The van der Waals surface area contributed by atoms with Crippen molar-refractivity contribution >= 4 is 53.8 Å².